The summed E-state index contributed by atoms with van der Waals surface area (Å²) in [6, 6.07) is 6.87. The summed E-state index contributed by atoms with van der Waals surface area (Å²) >= 11 is 12.2. The zero-order valence-corrected chi connectivity index (χ0v) is 16.3. The molecule has 0 aliphatic heterocycles. The van der Waals surface area contributed by atoms with E-state index in [0.29, 0.717) is 15.7 Å². The van der Waals surface area contributed by atoms with Crippen molar-refractivity contribution in [2.24, 2.45) is 0 Å². The Hall–Kier alpha value is -2.57. The molecule has 0 fully saturated rings. The molecule has 27 heavy (non-hydrogen) atoms. The Balaban J connectivity index is 2.39. The van der Waals surface area contributed by atoms with E-state index in [1.807, 2.05) is 0 Å². The Labute approximate surface area is 167 Å². The lowest BCUT2D eigenvalue weighted by Gasteiger charge is -2.11. The van der Waals surface area contributed by atoms with Crippen molar-refractivity contribution in [1.29, 1.82) is 0 Å². The van der Waals surface area contributed by atoms with Crippen molar-refractivity contribution in [2.75, 3.05) is 18.5 Å². The normalized spacial score (nSPS) is 10.1. The van der Waals surface area contributed by atoms with E-state index >= 15 is 0 Å². The van der Waals surface area contributed by atoms with Crippen LogP contribution in [0.2, 0.25) is 10.0 Å². The summed E-state index contributed by atoms with van der Waals surface area (Å²) in [6.07, 6.45) is 4.40. The largest absolute Gasteiger partial charge is 0.462 e. The summed E-state index contributed by atoms with van der Waals surface area (Å²) in [5, 5.41) is 3.88. The number of nitrogens with one attached hydrogen (secondary N) is 1. The molecule has 0 saturated heterocycles. The summed E-state index contributed by atoms with van der Waals surface area (Å²) in [5.74, 6) is -1.56. The molecule has 2 rings (SSSR count). The van der Waals surface area contributed by atoms with Crippen molar-refractivity contribution in [1.82, 2.24) is 4.98 Å². The molecule has 0 unspecified atom stereocenters. The number of rotatable bonds is 7. The highest BCUT2D eigenvalue weighted by Crippen LogP contribution is 2.31. The van der Waals surface area contributed by atoms with Gasteiger partial charge in [0.05, 0.1) is 25.1 Å². The Bertz CT molecular complexity index is 828. The van der Waals surface area contributed by atoms with Crippen molar-refractivity contribution in [3.8, 4) is 11.1 Å². The zero-order chi connectivity index (χ0) is 19.8. The number of nitrogens with zero attached hydrogens (tertiary/aromatic N) is 1. The predicted octanol–water partition coefficient (Wildman–Crippen LogP) is 4.48. The van der Waals surface area contributed by atoms with Gasteiger partial charge in [-0.3, -0.25) is 4.98 Å². The molecule has 0 aliphatic carbocycles. The highest BCUT2D eigenvalue weighted by molar-refractivity contribution is 6.35. The lowest BCUT2D eigenvalue weighted by Crippen LogP contribution is -2.19. The van der Waals surface area contributed by atoms with Crippen LogP contribution in [0.25, 0.3) is 11.1 Å². The molecule has 8 heteroatoms. The quantitative estimate of drug-likeness (QED) is 0.315. The number of carbonyl (C=O) groups excluding carboxylic acids is 2. The second-order valence-electron chi connectivity index (χ2n) is 5.22. The van der Waals surface area contributed by atoms with Gasteiger partial charge in [-0.25, -0.2) is 9.59 Å². The molecule has 1 heterocycles. The van der Waals surface area contributed by atoms with Crippen molar-refractivity contribution < 1.29 is 19.1 Å². The third kappa shape index (κ3) is 5.70. The SMILES string of the molecule is CCOC(=O)C(=CNc1cnccc1-c1cc(Cl)cc(Cl)c1)C(=O)OCC. The van der Waals surface area contributed by atoms with Gasteiger partial charge in [0.25, 0.3) is 0 Å². The molecule has 0 aliphatic rings. The van der Waals surface area contributed by atoms with Gasteiger partial charge in [0, 0.05) is 28.0 Å². The van der Waals surface area contributed by atoms with E-state index in [1.54, 1.807) is 50.5 Å². The van der Waals surface area contributed by atoms with Gasteiger partial charge in [0.1, 0.15) is 0 Å². The number of halogens is 2. The lowest BCUT2D eigenvalue weighted by molar-refractivity contribution is -0.146. The molecule has 1 N–H and O–H groups in total. The van der Waals surface area contributed by atoms with Gasteiger partial charge in [0.2, 0.25) is 0 Å². The summed E-state index contributed by atoms with van der Waals surface area (Å²) in [5.41, 5.74) is 1.77. The van der Waals surface area contributed by atoms with E-state index in [1.165, 1.54) is 6.20 Å². The molecule has 0 bridgehead atoms. The number of benzene rings is 1. The fraction of sp³-hybridized carbons (Fsp3) is 0.211. The molecule has 6 nitrogen and oxygen atoms in total. The van der Waals surface area contributed by atoms with Crippen LogP contribution in [0.1, 0.15) is 13.8 Å². The van der Waals surface area contributed by atoms with E-state index in [9.17, 15) is 9.59 Å². The van der Waals surface area contributed by atoms with E-state index in [4.69, 9.17) is 32.7 Å². The van der Waals surface area contributed by atoms with Crippen molar-refractivity contribution >= 4 is 40.8 Å². The fourth-order valence-electron chi connectivity index (χ4n) is 2.24. The van der Waals surface area contributed by atoms with Crippen LogP contribution < -0.4 is 5.32 Å². The van der Waals surface area contributed by atoms with Crippen molar-refractivity contribution in [2.45, 2.75) is 13.8 Å². The van der Waals surface area contributed by atoms with Crippen molar-refractivity contribution in [3.63, 3.8) is 0 Å². The minimum absolute atomic E-state index is 0.134. The van der Waals surface area contributed by atoms with Gasteiger partial charge in [-0.15, -0.1) is 0 Å². The molecular formula is C19H18Cl2N2O4. The standard InChI is InChI=1S/C19H18Cl2N2O4/c1-3-26-18(24)16(19(25)27-4-2)10-23-17-11-22-6-5-15(17)12-7-13(20)9-14(21)8-12/h5-11,23H,3-4H2,1-2H3. The molecule has 0 saturated carbocycles. The number of hydrogen-bond acceptors (Lipinski definition) is 6. The average molecular weight is 409 g/mol. The monoisotopic (exact) mass is 408 g/mol. The van der Waals surface area contributed by atoms with E-state index in [-0.39, 0.29) is 18.8 Å². The number of aromatic nitrogens is 1. The minimum Gasteiger partial charge on any atom is -0.462 e. The smallest absolute Gasteiger partial charge is 0.347 e. The van der Waals surface area contributed by atoms with Crippen LogP contribution in [0.5, 0.6) is 0 Å². The average Bonchev–Trinajstić information content (AvgIpc) is 2.62. The Morgan fingerprint density at radius 3 is 2.22 bits per heavy atom. The van der Waals surface area contributed by atoms with E-state index in [0.717, 1.165) is 11.1 Å². The van der Waals surface area contributed by atoms with Crippen LogP contribution in [0, 0.1) is 0 Å². The van der Waals surface area contributed by atoms with Crippen LogP contribution >= 0.6 is 23.2 Å². The first-order valence-corrected chi connectivity index (χ1v) is 8.93. The molecule has 1 aromatic heterocycles. The van der Waals surface area contributed by atoms with Gasteiger partial charge in [-0.05, 0) is 43.7 Å². The maximum atomic E-state index is 12.0. The third-order valence-electron chi connectivity index (χ3n) is 3.36. The second-order valence-corrected chi connectivity index (χ2v) is 6.10. The van der Waals surface area contributed by atoms with Gasteiger partial charge in [-0.2, -0.15) is 0 Å². The fourth-order valence-corrected chi connectivity index (χ4v) is 2.77. The second kappa shape index (κ2) is 9.94. The Morgan fingerprint density at radius 2 is 1.67 bits per heavy atom. The van der Waals surface area contributed by atoms with Crippen molar-refractivity contribution in [3.05, 3.63) is 58.5 Å². The molecule has 0 spiro atoms. The Kier molecular flexibility index (Phi) is 7.64. The molecule has 2 aromatic rings. The number of carbonyl (C=O) groups is 2. The third-order valence-corrected chi connectivity index (χ3v) is 3.79. The first-order chi connectivity index (χ1) is 13.0. The predicted molar refractivity (Wildman–Crippen MR) is 105 cm³/mol. The number of anilines is 1. The first kappa shape index (κ1) is 20.7. The van der Waals surface area contributed by atoms with Crippen LogP contribution in [0.15, 0.2) is 48.4 Å². The zero-order valence-electron chi connectivity index (χ0n) is 14.8. The highest BCUT2D eigenvalue weighted by Gasteiger charge is 2.21. The summed E-state index contributed by atoms with van der Waals surface area (Å²) in [7, 11) is 0. The van der Waals surface area contributed by atoms with Gasteiger partial charge in [-0.1, -0.05) is 23.2 Å². The number of ether oxygens (including phenoxy) is 2. The molecular weight excluding hydrogens is 391 g/mol. The summed E-state index contributed by atoms with van der Waals surface area (Å²) in [6.45, 7) is 3.57. The van der Waals surface area contributed by atoms with Gasteiger partial charge in [0.15, 0.2) is 5.57 Å². The molecule has 0 radical (unpaired) electrons. The van der Waals surface area contributed by atoms with E-state index in [2.05, 4.69) is 10.3 Å². The maximum Gasteiger partial charge on any atom is 0.347 e. The van der Waals surface area contributed by atoms with Gasteiger partial charge >= 0.3 is 11.9 Å². The first-order valence-electron chi connectivity index (χ1n) is 8.17. The lowest BCUT2D eigenvalue weighted by atomic mass is 10.1. The summed E-state index contributed by atoms with van der Waals surface area (Å²) < 4.78 is 9.82. The minimum atomic E-state index is -0.778. The van der Waals surface area contributed by atoms with Gasteiger partial charge < -0.3 is 14.8 Å². The maximum absolute atomic E-state index is 12.0. The number of pyridine rings is 1. The van der Waals surface area contributed by atoms with Crippen LogP contribution in [0.4, 0.5) is 5.69 Å². The summed E-state index contributed by atoms with van der Waals surface area (Å²) in [4.78, 5) is 28.2. The van der Waals surface area contributed by atoms with Crippen LogP contribution in [0.3, 0.4) is 0 Å². The molecule has 0 atom stereocenters. The topological polar surface area (TPSA) is 77.5 Å². The Morgan fingerprint density at radius 1 is 1.07 bits per heavy atom. The van der Waals surface area contributed by atoms with Crippen LogP contribution in [-0.4, -0.2) is 30.1 Å². The molecule has 1 aromatic carbocycles. The van der Waals surface area contributed by atoms with E-state index < -0.39 is 11.9 Å². The molecule has 142 valence electrons. The number of esters is 2. The number of hydrogen-bond donors (Lipinski definition) is 1. The van der Waals surface area contributed by atoms with Crippen LogP contribution in [-0.2, 0) is 19.1 Å². The highest BCUT2D eigenvalue weighted by atomic mass is 35.5. The molecule has 0 amide bonds.